The lowest BCUT2D eigenvalue weighted by Gasteiger charge is -2.14. The summed E-state index contributed by atoms with van der Waals surface area (Å²) in [7, 11) is 6.34. The van der Waals surface area contributed by atoms with Gasteiger partial charge >= 0.3 is 0 Å². The van der Waals surface area contributed by atoms with Crippen LogP contribution in [0.25, 0.3) is 0 Å². The SMILES string of the molecule is COc1cc(N)cc(Oc2ccc(Sc3ccc(Oc4cc(N)cc(OC)c4)c(OC)c3)cc2OC)c1. The van der Waals surface area contributed by atoms with Gasteiger partial charge in [0.05, 0.1) is 28.4 Å². The van der Waals surface area contributed by atoms with Gasteiger partial charge in [-0.05, 0) is 36.4 Å². The number of hydrogen-bond acceptors (Lipinski definition) is 9. The maximum absolute atomic E-state index is 6.01. The zero-order valence-corrected chi connectivity index (χ0v) is 21.8. The van der Waals surface area contributed by atoms with Crippen molar-refractivity contribution >= 4 is 23.1 Å². The molecular formula is C28H28N2O6S. The van der Waals surface area contributed by atoms with Gasteiger partial charge in [0.1, 0.15) is 23.0 Å². The van der Waals surface area contributed by atoms with E-state index in [0.29, 0.717) is 57.4 Å². The molecule has 4 aromatic rings. The molecule has 0 saturated heterocycles. The Hall–Kier alpha value is -4.37. The molecular weight excluding hydrogens is 492 g/mol. The molecule has 4 rings (SSSR count). The molecule has 192 valence electrons. The summed E-state index contributed by atoms with van der Waals surface area (Å²) in [4.78, 5) is 1.90. The van der Waals surface area contributed by atoms with Gasteiger partial charge < -0.3 is 39.9 Å². The molecule has 4 aromatic carbocycles. The Labute approximate surface area is 220 Å². The van der Waals surface area contributed by atoms with E-state index in [2.05, 4.69) is 0 Å². The summed E-state index contributed by atoms with van der Waals surface area (Å²) in [6, 6.07) is 21.8. The van der Waals surface area contributed by atoms with Gasteiger partial charge in [-0.25, -0.2) is 0 Å². The predicted octanol–water partition coefficient (Wildman–Crippen LogP) is 6.62. The summed E-state index contributed by atoms with van der Waals surface area (Å²) in [5.41, 5.74) is 13.0. The van der Waals surface area contributed by atoms with Crippen molar-refractivity contribution in [3.63, 3.8) is 0 Å². The topological polar surface area (TPSA) is 107 Å². The third-order valence-electron chi connectivity index (χ3n) is 5.24. The molecule has 0 aliphatic rings. The summed E-state index contributed by atoms with van der Waals surface area (Å²) < 4.78 is 33.7. The lowest BCUT2D eigenvalue weighted by atomic mass is 10.2. The molecule has 37 heavy (non-hydrogen) atoms. The first kappa shape index (κ1) is 25.7. The Morgan fingerprint density at radius 2 is 0.865 bits per heavy atom. The second kappa shape index (κ2) is 11.6. The van der Waals surface area contributed by atoms with Crippen LogP contribution in [-0.4, -0.2) is 28.4 Å². The van der Waals surface area contributed by atoms with Crippen LogP contribution in [0.2, 0.25) is 0 Å². The van der Waals surface area contributed by atoms with Crippen LogP contribution in [0.3, 0.4) is 0 Å². The molecule has 0 aliphatic heterocycles. The van der Waals surface area contributed by atoms with E-state index < -0.39 is 0 Å². The van der Waals surface area contributed by atoms with Crippen molar-refractivity contribution in [3.05, 3.63) is 72.8 Å². The van der Waals surface area contributed by atoms with Crippen LogP contribution in [0, 0.1) is 0 Å². The number of benzene rings is 4. The first-order chi connectivity index (χ1) is 17.9. The highest BCUT2D eigenvalue weighted by Crippen LogP contribution is 2.41. The smallest absolute Gasteiger partial charge is 0.169 e. The van der Waals surface area contributed by atoms with Gasteiger partial charge in [-0.2, -0.15) is 0 Å². The Kier molecular flexibility index (Phi) is 8.05. The average Bonchev–Trinajstić information content (AvgIpc) is 2.89. The van der Waals surface area contributed by atoms with Crippen molar-refractivity contribution in [2.75, 3.05) is 39.9 Å². The monoisotopic (exact) mass is 520 g/mol. The first-order valence-electron chi connectivity index (χ1n) is 11.2. The number of rotatable bonds is 10. The van der Waals surface area contributed by atoms with E-state index in [9.17, 15) is 0 Å². The molecule has 0 fully saturated rings. The van der Waals surface area contributed by atoms with Crippen molar-refractivity contribution in [1.82, 2.24) is 0 Å². The minimum absolute atomic E-state index is 0.539. The standard InChI is InChI=1S/C28H28N2O6S/c1-31-19-9-17(29)11-21(13-19)35-25-7-5-23(15-27(25)33-3)37-24-6-8-26(28(16-24)34-4)36-22-12-18(30)10-20(14-22)32-2/h5-16H,29-30H2,1-4H3. The van der Waals surface area contributed by atoms with E-state index in [1.807, 2.05) is 36.4 Å². The molecule has 0 atom stereocenters. The maximum atomic E-state index is 6.01. The van der Waals surface area contributed by atoms with Gasteiger partial charge in [0, 0.05) is 57.6 Å². The van der Waals surface area contributed by atoms with Crippen LogP contribution in [0.1, 0.15) is 0 Å². The number of hydrogen-bond donors (Lipinski definition) is 2. The third-order valence-corrected chi connectivity index (χ3v) is 6.22. The maximum Gasteiger partial charge on any atom is 0.169 e. The molecule has 0 heterocycles. The van der Waals surface area contributed by atoms with Crippen molar-refractivity contribution in [2.24, 2.45) is 0 Å². The van der Waals surface area contributed by atoms with Crippen molar-refractivity contribution < 1.29 is 28.4 Å². The van der Waals surface area contributed by atoms with Crippen molar-refractivity contribution in [3.8, 4) is 46.0 Å². The summed E-state index contributed by atoms with van der Waals surface area (Å²) in [5, 5.41) is 0. The number of nitrogen functional groups attached to an aromatic ring is 2. The van der Waals surface area contributed by atoms with Crippen LogP contribution in [0.15, 0.2) is 82.6 Å². The van der Waals surface area contributed by atoms with Crippen LogP contribution in [0.4, 0.5) is 11.4 Å². The van der Waals surface area contributed by atoms with Gasteiger partial charge in [-0.3, -0.25) is 0 Å². The highest BCUT2D eigenvalue weighted by atomic mass is 32.2. The zero-order valence-electron chi connectivity index (χ0n) is 20.9. The normalized spacial score (nSPS) is 10.5. The van der Waals surface area contributed by atoms with E-state index in [4.69, 9.17) is 39.9 Å². The Balaban J connectivity index is 1.52. The van der Waals surface area contributed by atoms with Gasteiger partial charge in [0.25, 0.3) is 0 Å². The lowest BCUT2D eigenvalue weighted by Crippen LogP contribution is -1.94. The predicted molar refractivity (Wildman–Crippen MR) is 145 cm³/mol. The Morgan fingerprint density at radius 3 is 1.24 bits per heavy atom. The molecule has 0 aliphatic carbocycles. The fourth-order valence-electron chi connectivity index (χ4n) is 3.52. The largest absolute Gasteiger partial charge is 0.497 e. The molecule has 0 saturated carbocycles. The van der Waals surface area contributed by atoms with E-state index in [-0.39, 0.29) is 0 Å². The van der Waals surface area contributed by atoms with Crippen LogP contribution in [0.5, 0.6) is 46.0 Å². The number of methoxy groups -OCH3 is 4. The zero-order chi connectivity index (χ0) is 26.4. The van der Waals surface area contributed by atoms with Crippen LogP contribution >= 0.6 is 11.8 Å². The minimum Gasteiger partial charge on any atom is -0.497 e. The minimum atomic E-state index is 0.539. The number of anilines is 2. The second-order valence-corrected chi connectivity index (χ2v) is 8.96. The van der Waals surface area contributed by atoms with E-state index >= 15 is 0 Å². The highest BCUT2D eigenvalue weighted by Gasteiger charge is 2.13. The highest BCUT2D eigenvalue weighted by molar-refractivity contribution is 7.99. The molecule has 9 heteroatoms. The van der Waals surface area contributed by atoms with Crippen molar-refractivity contribution in [2.45, 2.75) is 9.79 Å². The first-order valence-corrected chi connectivity index (χ1v) is 12.0. The molecule has 8 nitrogen and oxygen atoms in total. The van der Waals surface area contributed by atoms with E-state index in [1.165, 1.54) is 0 Å². The van der Waals surface area contributed by atoms with Crippen molar-refractivity contribution in [1.29, 1.82) is 0 Å². The fraction of sp³-hybridized carbons (Fsp3) is 0.143. The molecule has 0 aromatic heterocycles. The van der Waals surface area contributed by atoms with Gasteiger partial charge in [0.2, 0.25) is 0 Å². The lowest BCUT2D eigenvalue weighted by molar-refractivity contribution is 0.375. The summed E-state index contributed by atoms with van der Waals surface area (Å²) >= 11 is 1.54. The van der Waals surface area contributed by atoms with E-state index in [1.54, 1.807) is 76.6 Å². The molecule has 0 bridgehead atoms. The summed E-state index contributed by atoms with van der Waals surface area (Å²) in [6.45, 7) is 0. The third kappa shape index (κ3) is 6.45. The summed E-state index contributed by atoms with van der Waals surface area (Å²) in [5.74, 6) is 4.58. The average molecular weight is 521 g/mol. The summed E-state index contributed by atoms with van der Waals surface area (Å²) in [6.07, 6.45) is 0. The second-order valence-electron chi connectivity index (χ2n) is 7.82. The molecule has 0 amide bonds. The molecule has 0 unspecified atom stereocenters. The Morgan fingerprint density at radius 1 is 0.459 bits per heavy atom. The quantitative estimate of drug-likeness (QED) is 0.223. The van der Waals surface area contributed by atoms with Gasteiger partial charge in [-0.1, -0.05) is 11.8 Å². The van der Waals surface area contributed by atoms with Crippen LogP contribution < -0.4 is 39.9 Å². The van der Waals surface area contributed by atoms with E-state index in [0.717, 1.165) is 9.79 Å². The fourth-order valence-corrected chi connectivity index (χ4v) is 4.40. The van der Waals surface area contributed by atoms with Crippen LogP contribution in [-0.2, 0) is 0 Å². The molecule has 0 spiro atoms. The molecule has 0 radical (unpaired) electrons. The Bertz CT molecular complexity index is 1290. The van der Waals surface area contributed by atoms with Gasteiger partial charge in [0.15, 0.2) is 23.0 Å². The van der Waals surface area contributed by atoms with Gasteiger partial charge in [-0.15, -0.1) is 0 Å². The number of ether oxygens (including phenoxy) is 6. The molecule has 4 N–H and O–H groups in total. The number of nitrogens with two attached hydrogens (primary N) is 2.